The molecule has 210 valence electrons. The highest BCUT2D eigenvalue weighted by Crippen LogP contribution is 2.52. The molecule has 39 heavy (non-hydrogen) atoms. The fourth-order valence-corrected chi connectivity index (χ4v) is 6.48. The largest absolute Gasteiger partial charge is 0.367 e. The number of aromatic nitrogens is 3. The van der Waals surface area contributed by atoms with Gasteiger partial charge in [0.1, 0.15) is 17.2 Å². The third kappa shape index (κ3) is 4.75. The summed E-state index contributed by atoms with van der Waals surface area (Å²) in [5.74, 6) is 0.810. The third-order valence-corrected chi connectivity index (χ3v) is 9.00. The van der Waals surface area contributed by atoms with E-state index in [9.17, 15) is 4.79 Å². The van der Waals surface area contributed by atoms with Gasteiger partial charge in [0.2, 0.25) is 5.95 Å². The minimum atomic E-state index is -0.261. The molecule has 9 heteroatoms. The monoisotopic (exact) mass is 535 g/mol. The van der Waals surface area contributed by atoms with Crippen LogP contribution in [0.1, 0.15) is 57.9 Å². The summed E-state index contributed by atoms with van der Waals surface area (Å²) in [5.41, 5.74) is 2.39. The van der Waals surface area contributed by atoms with E-state index >= 15 is 4.39 Å². The third-order valence-electron chi connectivity index (χ3n) is 9.00. The van der Waals surface area contributed by atoms with Gasteiger partial charge < -0.3 is 19.7 Å². The number of hydrogen-bond acceptors (Lipinski definition) is 6. The summed E-state index contributed by atoms with van der Waals surface area (Å²) < 4.78 is 17.4. The highest BCUT2D eigenvalue weighted by Gasteiger charge is 2.50. The van der Waals surface area contributed by atoms with Gasteiger partial charge in [-0.2, -0.15) is 4.98 Å². The van der Waals surface area contributed by atoms with Crippen LogP contribution in [0.2, 0.25) is 0 Å². The number of halogens is 1. The SMILES string of the molecule is CC(C)N1CCN(c2ccc(Nc3ncc4cc(C(=O)N(C)C)n(C5(C(C)C)CC[C@H]5C)c4n3)cc2F)CC1. The van der Waals surface area contributed by atoms with Crippen LogP contribution in [0.15, 0.2) is 30.5 Å². The standard InChI is InChI=1S/C30H42FN7O/c1-19(2)30(11-10-21(30)5)38-26(28(39)35(6)7)16-22-18-32-29(34-27(22)38)33-23-8-9-25(24(31)17-23)37-14-12-36(13-15-37)20(3)4/h8-9,16-21H,10-15H2,1-7H3,(H,32,33,34)/t21-,30?/m1/s1. The van der Waals surface area contributed by atoms with Crippen LogP contribution in [-0.2, 0) is 5.54 Å². The molecule has 3 heterocycles. The molecule has 1 saturated carbocycles. The molecule has 3 aromatic rings. The number of nitrogens with one attached hydrogen (secondary N) is 1. The van der Waals surface area contributed by atoms with Crippen molar-refractivity contribution in [3.63, 3.8) is 0 Å². The Bertz CT molecular complexity index is 1350. The minimum Gasteiger partial charge on any atom is -0.367 e. The van der Waals surface area contributed by atoms with E-state index in [-0.39, 0.29) is 17.3 Å². The maximum absolute atomic E-state index is 15.2. The van der Waals surface area contributed by atoms with Crippen LogP contribution in [-0.4, -0.2) is 76.6 Å². The lowest BCUT2D eigenvalue weighted by molar-refractivity contribution is 0.00799. The molecule has 8 nitrogen and oxygen atoms in total. The first-order valence-corrected chi connectivity index (χ1v) is 14.2. The van der Waals surface area contributed by atoms with Gasteiger partial charge in [-0.1, -0.05) is 20.8 Å². The number of nitrogens with zero attached hydrogens (tertiary/aromatic N) is 6. The molecule has 2 aromatic heterocycles. The van der Waals surface area contributed by atoms with Gasteiger partial charge in [-0.25, -0.2) is 9.37 Å². The molecule has 2 aliphatic rings. The van der Waals surface area contributed by atoms with E-state index in [1.54, 1.807) is 25.2 Å². The van der Waals surface area contributed by atoms with Gasteiger partial charge in [0, 0.05) is 63.6 Å². The van der Waals surface area contributed by atoms with Crippen molar-refractivity contribution < 1.29 is 9.18 Å². The number of rotatable bonds is 7. The molecule has 1 aromatic carbocycles. The smallest absolute Gasteiger partial charge is 0.270 e. The zero-order valence-corrected chi connectivity index (χ0v) is 24.3. The number of carbonyl (C=O) groups is 1. The molecule has 2 fully saturated rings. The van der Waals surface area contributed by atoms with Crippen molar-refractivity contribution in [2.24, 2.45) is 11.8 Å². The first-order valence-electron chi connectivity index (χ1n) is 14.2. The number of hydrogen-bond donors (Lipinski definition) is 1. The van der Waals surface area contributed by atoms with E-state index in [0.717, 1.165) is 50.1 Å². The predicted molar refractivity (Wildman–Crippen MR) is 155 cm³/mol. The van der Waals surface area contributed by atoms with E-state index in [1.807, 2.05) is 18.2 Å². The highest BCUT2D eigenvalue weighted by molar-refractivity contribution is 5.98. The summed E-state index contributed by atoms with van der Waals surface area (Å²) in [6.07, 6.45) is 3.86. The topological polar surface area (TPSA) is 69.5 Å². The average molecular weight is 536 g/mol. The molecular weight excluding hydrogens is 493 g/mol. The van der Waals surface area contributed by atoms with E-state index in [2.05, 4.69) is 59.3 Å². The van der Waals surface area contributed by atoms with Crippen molar-refractivity contribution in [1.29, 1.82) is 0 Å². The van der Waals surface area contributed by atoms with Crippen LogP contribution in [0.4, 0.5) is 21.7 Å². The molecule has 2 atom stereocenters. The lowest BCUT2D eigenvalue weighted by Gasteiger charge is -2.53. The Morgan fingerprint density at radius 2 is 1.85 bits per heavy atom. The zero-order chi connectivity index (χ0) is 28.1. The number of benzene rings is 1. The summed E-state index contributed by atoms with van der Waals surface area (Å²) in [6, 6.07) is 7.64. The Kier molecular flexibility index (Phi) is 7.31. The molecule has 1 N–H and O–H groups in total. The van der Waals surface area contributed by atoms with Crippen molar-refractivity contribution in [2.45, 2.75) is 59.0 Å². The molecular formula is C30H42FN7O. The second-order valence-electron chi connectivity index (χ2n) is 12.0. The Balaban J connectivity index is 1.46. The number of anilines is 3. The van der Waals surface area contributed by atoms with Crippen LogP contribution >= 0.6 is 0 Å². The Morgan fingerprint density at radius 1 is 1.13 bits per heavy atom. The molecule has 1 aliphatic carbocycles. The molecule has 0 spiro atoms. The maximum Gasteiger partial charge on any atom is 0.270 e. The van der Waals surface area contributed by atoms with Crippen LogP contribution in [0.25, 0.3) is 11.0 Å². The molecule has 1 amide bonds. The zero-order valence-electron chi connectivity index (χ0n) is 24.3. The van der Waals surface area contributed by atoms with Crippen molar-refractivity contribution in [2.75, 3.05) is 50.5 Å². The molecule has 5 rings (SSSR count). The summed E-state index contributed by atoms with van der Waals surface area (Å²) in [5, 5.41) is 4.03. The number of fused-ring (bicyclic) bond motifs is 1. The van der Waals surface area contributed by atoms with E-state index in [0.29, 0.717) is 40.9 Å². The molecule has 1 saturated heterocycles. The van der Waals surface area contributed by atoms with Gasteiger partial charge in [0.15, 0.2) is 0 Å². The van der Waals surface area contributed by atoms with E-state index in [4.69, 9.17) is 4.98 Å². The van der Waals surface area contributed by atoms with Gasteiger partial charge in [-0.15, -0.1) is 0 Å². The predicted octanol–water partition coefficient (Wildman–Crippen LogP) is 5.33. The van der Waals surface area contributed by atoms with Crippen molar-refractivity contribution >= 4 is 34.3 Å². The number of amides is 1. The summed E-state index contributed by atoms with van der Waals surface area (Å²) in [6.45, 7) is 14.6. The van der Waals surface area contributed by atoms with Crippen LogP contribution < -0.4 is 10.2 Å². The number of piperazine rings is 1. The van der Waals surface area contributed by atoms with Gasteiger partial charge in [0.25, 0.3) is 5.91 Å². The van der Waals surface area contributed by atoms with Gasteiger partial charge in [-0.3, -0.25) is 9.69 Å². The number of carbonyl (C=O) groups excluding carboxylic acids is 1. The fourth-order valence-electron chi connectivity index (χ4n) is 6.48. The van der Waals surface area contributed by atoms with Crippen molar-refractivity contribution in [3.8, 4) is 0 Å². The van der Waals surface area contributed by atoms with Crippen molar-refractivity contribution in [1.82, 2.24) is 24.3 Å². The summed E-state index contributed by atoms with van der Waals surface area (Å²) >= 11 is 0. The van der Waals surface area contributed by atoms with E-state index in [1.165, 1.54) is 6.07 Å². The maximum atomic E-state index is 15.2. The quantitative estimate of drug-likeness (QED) is 0.441. The van der Waals surface area contributed by atoms with Gasteiger partial charge in [-0.05, 0) is 62.8 Å². The summed E-state index contributed by atoms with van der Waals surface area (Å²) in [4.78, 5) is 28.8. The van der Waals surface area contributed by atoms with Gasteiger partial charge in [0.05, 0.1) is 11.2 Å². The fraction of sp³-hybridized carbons (Fsp3) is 0.567. The summed E-state index contributed by atoms with van der Waals surface area (Å²) in [7, 11) is 3.55. The van der Waals surface area contributed by atoms with Crippen LogP contribution in [0, 0.1) is 17.7 Å². The first-order chi connectivity index (χ1) is 18.5. The molecule has 1 unspecified atom stereocenters. The molecule has 0 radical (unpaired) electrons. The Labute approximate surface area is 231 Å². The average Bonchev–Trinajstić information content (AvgIpc) is 3.26. The van der Waals surface area contributed by atoms with Crippen molar-refractivity contribution in [3.05, 3.63) is 42.0 Å². The Hall–Kier alpha value is -3.20. The lowest BCUT2D eigenvalue weighted by atomic mass is 9.61. The highest BCUT2D eigenvalue weighted by atomic mass is 19.1. The second kappa shape index (κ2) is 10.4. The second-order valence-corrected chi connectivity index (χ2v) is 12.0. The Morgan fingerprint density at radius 3 is 2.38 bits per heavy atom. The molecule has 1 aliphatic heterocycles. The lowest BCUT2D eigenvalue weighted by Crippen LogP contribution is -2.53. The first kappa shape index (κ1) is 27.4. The van der Waals surface area contributed by atoms with E-state index < -0.39 is 0 Å². The molecule has 0 bridgehead atoms. The minimum absolute atomic E-state index is 0.0477. The normalized spacial score (nSPS) is 22.0. The van der Waals surface area contributed by atoms with Gasteiger partial charge >= 0.3 is 0 Å². The van der Waals surface area contributed by atoms with Crippen LogP contribution in [0.5, 0.6) is 0 Å². The van der Waals surface area contributed by atoms with Crippen LogP contribution in [0.3, 0.4) is 0 Å².